The highest BCUT2D eigenvalue weighted by Gasteiger charge is 2.23. The number of piperazine rings is 1. The van der Waals surface area contributed by atoms with Crippen LogP contribution in [-0.2, 0) is 4.79 Å². The van der Waals surface area contributed by atoms with Crippen molar-refractivity contribution in [1.82, 2.24) is 20.2 Å². The summed E-state index contributed by atoms with van der Waals surface area (Å²) < 4.78 is 0. The fraction of sp³-hybridized carbons (Fsp3) is 0.562. The molecule has 0 spiro atoms. The highest BCUT2D eigenvalue weighted by Crippen LogP contribution is 2.27. The summed E-state index contributed by atoms with van der Waals surface area (Å²) in [4.78, 5) is 26.3. The van der Waals surface area contributed by atoms with Crippen LogP contribution in [0.25, 0.3) is 10.2 Å². The predicted octanol–water partition coefficient (Wildman–Crippen LogP) is 1.73. The molecule has 1 amide bonds. The van der Waals surface area contributed by atoms with Crippen LogP contribution < -0.4 is 10.2 Å². The van der Waals surface area contributed by atoms with Crippen LogP contribution >= 0.6 is 11.3 Å². The van der Waals surface area contributed by atoms with Crippen molar-refractivity contribution < 1.29 is 4.79 Å². The highest BCUT2D eigenvalue weighted by atomic mass is 32.1. The van der Waals surface area contributed by atoms with E-state index in [0.29, 0.717) is 6.54 Å². The van der Waals surface area contributed by atoms with E-state index < -0.39 is 0 Å². The Morgan fingerprint density at radius 1 is 1.26 bits per heavy atom. The predicted molar refractivity (Wildman–Crippen MR) is 94.0 cm³/mol. The van der Waals surface area contributed by atoms with Gasteiger partial charge in [0.15, 0.2) is 0 Å². The first-order valence-corrected chi connectivity index (χ1v) is 8.77. The van der Waals surface area contributed by atoms with Crippen molar-refractivity contribution in [2.75, 3.05) is 37.6 Å². The molecule has 1 fully saturated rings. The Labute approximate surface area is 140 Å². The zero-order valence-electron chi connectivity index (χ0n) is 13.9. The Hall–Kier alpha value is -1.73. The molecule has 0 bridgehead atoms. The number of nitrogens with zero attached hydrogens (tertiary/aromatic N) is 4. The summed E-state index contributed by atoms with van der Waals surface area (Å²) in [6.07, 6.45) is 1.64. The number of hydrogen-bond acceptors (Lipinski definition) is 6. The second-order valence-corrected chi connectivity index (χ2v) is 7.79. The van der Waals surface area contributed by atoms with Crippen LogP contribution in [0.15, 0.2) is 17.8 Å². The minimum absolute atomic E-state index is 0.0909. The molecule has 124 valence electrons. The van der Waals surface area contributed by atoms with Crippen molar-refractivity contribution in [2.24, 2.45) is 0 Å². The first-order chi connectivity index (χ1) is 10.9. The van der Waals surface area contributed by atoms with Gasteiger partial charge in [-0.3, -0.25) is 9.69 Å². The maximum absolute atomic E-state index is 12.0. The number of carbonyl (C=O) groups excluding carboxylic acids is 1. The number of anilines is 1. The van der Waals surface area contributed by atoms with Gasteiger partial charge >= 0.3 is 0 Å². The van der Waals surface area contributed by atoms with Gasteiger partial charge in [0, 0.05) is 31.7 Å². The van der Waals surface area contributed by atoms with E-state index in [9.17, 15) is 4.79 Å². The lowest BCUT2D eigenvalue weighted by atomic mass is 10.1. The Morgan fingerprint density at radius 2 is 2.00 bits per heavy atom. The molecule has 6 nitrogen and oxygen atoms in total. The lowest BCUT2D eigenvalue weighted by Gasteiger charge is -2.35. The first-order valence-electron chi connectivity index (χ1n) is 7.89. The number of aromatic nitrogens is 2. The third-order valence-corrected chi connectivity index (χ3v) is 4.61. The molecule has 0 aromatic carbocycles. The Morgan fingerprint density at radius 3 is 2.70 bits per heavy atom. The molecule has 3 rings (SSSR count). The fourth-order valence-corrected chi connectivity index (χ4v) is 3.53. The molecule has 0 aliphatic carbocycles. The molecular weight excluding hydrogens is 310 g/mol. The van der Waals surface area contributed by atoms with Gasteiger partial charge < -0.3 is 10.2 Å². The molecular formula is C16H23N5OS. The number of rotatable bonds is 3. The zero-order chi connectivity index (χ0) is 16.4. The Bertz CT molecular complexity index is 685. The molecule has 1 saturated heterocycles. The van der Waals surface area contributed by atoms with Crippen LogP contribution in [0.5, 0.6) is 0 Å². The van der Waals surface area contributed by atoms with Gasteiger partial charge in [0.1, 0.15) is 17.0 Å². The monoisotopic (exact) mass is 333 g/mol. The van der Waals surface area contributed by atoms with Crippen LogP contribution in [0.2, 0.25) is 0 Å². The van der Waals surface area contributed by atoms with E-state index in [2.05, 4.69) is 36.5 Å². The van der Waals surface area contributed by atoms with Gasteiger partial charge in [-0.2, -0.15) is 0 Å². The number of thiophene rings is 1. The summed E-state index contributed by atoms with van der Waals surface area (Å²) in [6.45, 7) is 9.97. The number of amides is 1. The topological polar surface area (TPSA) is 61.4 Å². The molecule has 1 aliphatic rings. The molecule has 0 saturated carbocycles. The molecule has 2 aromatic heterocycles. The number of carbonyl (C=O) groups is 1. The molecule has 0 unspecified atom stereocenters. The molecule has 2 aromatic rings. The van der Waals surface area contributed by atoms with Crippen molar-refractivity contribution >= 4 is 33.3 Å². The van der Waals surface area contributed by atoms with Crippen LogP contribution in [0.4, 0.5) is 5.82 Å². The standard InChI is InChI=1S/C16H23N5OS/c1-16(2,3)19-13(22)10-20-5-7-21(8-6-20)14-12-4-9-23-15(12)18-11-17-14/h4,9,11H,5-8,10H2,1-3H3,(H,19,22). The average Bonchev–Trinajstić information content (AvgIpc) is 2.94. The summed E-state index contributed by atoms with van der Waals surface area (Å²) in [6, 6.07) is 2.08. The van der Waals surface area contributed by atoms with Gasteiger partial charge in [0.2, 0.25) is 5.91 Å². The van der Waals surface area contributed by atoms with E-state index in [1.54, 1.807) is 17.7 Å². The van der Waals surface area contributed by atoms with E-state index in [1.807, 2.05) is 20.8 Å². The van der Waals surface area contributed by atoms with Crippen molar-refractivity contribution in [2.45, 2.75) is 26.3 Å². The van der Waals surface area contributed by atoms with Gasteiger partial charge in [0.05, 0.1) is 11.9 Å². The maximum Gasteiger partial charge on any atom is 0.234 e. The summed E-state index contributed by atoms with van der Waals surface area (Å²) >= 11 is 1.64. The largest absolute Gasteiger partial charge is 0.353 e. The average molecular weight is 333 g/mol. The van der Waals surface area contributed by atoms with Gasteiger partial charge in [-0.05, 0) is 32.2 Å². The zero-order valence-corrected chi connectivity index (χ0v) is 14.7. The van der Waals surface area contributed by atoms with Crippen molar-refractivity contribution in [1.29, 1.82) is 0 Å². The molecule has 0 radical (unpaired) electrons. The maximum atomic E-state index is 12.0. The third-order valence-electron chi connectivity index (χ3n) is 3.79. The molecule has 3 heterocycles. The van der Waals surface area contributed by atoms with E-state index in [1.165, 1.54) is 0 Å². The fourth-order valence-electron chi connectivity index (χ4n) is 2.81. The normalized spacial score (nSPS) is 16.7. The summed E-state index contributed by atoms with van der Waals surface area (Å²) in [5.74, 6) is 1.10. The Kier molecular flexibility index (Phi) is 4.50. The SMILES string of the molecule is CC(C)(C)NC(=O)CN1CCN(c2ncnc3sccc23)CC1. The number of nitrogens with one attached hydrogen (secondary N) is 1. The minimum Gasteiger partial charge on any atom is -0.353 e. The third kappa shape index (κ3) is 3.97. The number of fused-ring (bicyclic) bond motifs is 1. The van der Waals surface area contributed by atoms with Gasteiger partial charge in [-0.15, -0.1) is 11.3 Å². The van der Waals surface area contributed by atoms with E-state index >= 15 is 0 Å². The smallest absolute Gasteiger partial charge is 0.234 e. The molecule has 23 heavy (non-hydrogen) atoms. The van der Waals surface area contributed by atoms with Crippen molar-refractivity contribution in [3.05, 3.63) is 17.8 Å². The lowest BCUT2D eigenvalue weighted by molar-refractivity contribution is -0.123. The van der Waals surface area contributed by atoms with Crippen molar-refractivity contribution in [3.63, 3.8) is 0 Å². The second-order valence-electron chi connectivity index (χ2n) is 6.90. The van der Waals surface area contributed by atoms with Crippen LogP contribution in [-0.4, -0.2) is 59.0 Å². The van der Waals surface area contributed by atoms with Crippen LogP contribution in [0, 0.1) is 0 Å². The van der Waals surface area contributed by atoms with Crippen LogP contribution in [0.3, 0.4) is 0 Å². The number of hydrogen-bond donors (Lipinski definition) is 1. The van der Waals surface area contributed by atoms with E-state index in [-0.39, 0.29) is 11.4 Å². The van der Waals surface area contributed by atoms with Crippen molar-refractivity contribution in [3.8, 4) is 0 Å². The molecule has 0 atom stereocenters. The first kappa shape index (κ1) is 16.1. The minimum atomic E-state index is -0.176. The summed E-state index contributed by atoms with van der Waals surface area (Å²) in [5.41, 5.74) is -0.176. The Balaban J connectivity index is 1.58. The van der Waals surface area contributed by atoms with Gasteiger partial charge in [0.25, 0.3) is 0 Å². The molecule has 7 heteroatoms. The molecule has 1 N–H and O–H groups in total. The lowest BCUT2D eigenvalue weighted by Crippen LogP contribution is -2.52. The summed E-state index contributed by atoms with van der Waals surface area (Å²) in [5, 5.41) is 6.19. The highest BCUT2D eigenvalue weighted by molar-refractivity contribution is 7.16. The second kappa shape index (κ2) is 6.41. The van der Waals surface area contributed by atoms with Gasteiger partial charge in [-0.25, -0.2) is 9.97 Å². The van der Waals surface area contributed by atoms with E-state index in [0.717, 1.165) is 42.2 Å². The van der Waals surface area contributed by atoms with Crippen LogP contribution in [0.1, 0.15) is 20.8 Å². The quantitative estimate of drug-likeness (QED) is 0.927. The van der Waals surface area contributed by atoms with Gasteiger partial charge in [-0.1, -0.05) is 0 Å². The summed E-state index contributed by atoms with van der Waals surface area (Å²) in [7, 11) is 0. The van der Waals surface area contributed by atoms with E-state index in [4.69, 9.17) is 0 Å². The molecule has 1 aliphatic heterocycles.